The smallest absolute Gasteiger partial charge is 0.260 e. The zero-order chi connectivity index (χ0) is 21.6. The number of piperazine rings is 1. The molecule has 2 aliphatic carbocycles. The molecule has 10 heteroatoms. The van der Waals surface area contributed by atoms with Gasteiger partial charge < -0.3 is 30.2 Å². The van der Waals surface area contributed by atoms with Crippen molar-refractivity contribution in [1.82, 2.24) is 9.80 Å². The van der Waals surface area contributed by atoms with Gasteiger partial charge in [-0.1, -0.05) is 0 Å². The van der Waals surface area contributed by atoms with Gasteiger partial charge in [0, 0.05) is 11.8 Å². The fraction of sp³-hybridized carbons (Fsp3) is 0.900. The molecule has 0 aromatic heterocycles. The van der Waals surface area contributed by atoms with E-state index in [0.29, 0.717) is 38.5 Å². The number of hydrogen-bond acceptors (Lipinski definition) is 8. The lowest BCUT2D eigenvalue weighted by molar-refractivity contribution is -0.171. The van der Waals surface area contributed by atoms with Crippen molar-refractivity contribution in [3.05, 3.63) is 0 Å². The van der Waals surface area contributed by atoms with Crippen LogP contribution in [0.15, 0.2) is 0 Å². The summed E-state index contributed by atoms with van der Waals surface area (Å²) < 4.78 is 0. The summed E-state index contributed by atoms with van der Waals surface area (Å²) in [5, 5.41) is 42.9. The summed E-state index contributed by atoms with van der Waals surface area (Å²) in [6.45, 7) is 0. The highest BCUT2D eigenvalue weighted by Gasteiger charge is 2.75. The Kier molecular flexibility index (Phi) is 4.97. The lowest BCUT2D eigenvalue weighted by Crippen LogP contribution is -2.75. The number of fused-ring (bicyclic) bond motifs is 6. The lowest BCUT2D eigenvalue weighted by Gasteiger charge is -2.55. The Morgan fingerprint density at radius 1 is 0.700 bits per heavy atom. The van der Waals surface area contributed by atoms with Crippen molar-refractivity contribution in [2.24, 2.45) is 11.8 Å². The molecule has 2 saturated carbocycles. The molecule has 8 nitrogen and oxygen atoms in total. The minimum atomic E-state index is -1.20. The molecule has 30 heavy (non-hydrogen) atoms. The molecule has 3 aliphatic heterocycles. The minimum Gasteiger partial charge on any atom is -0.393 e. The molecular formula is C20H30N2O6S2. The van der Waals surface area contributed by atoms with Crippen LogP contribution in [0.2, 0.25) is 0 Å². The number of aliphatic hydroxyl groups is 4. The third-order valence-corrected chi connectivity index (χ3v) is 10.8. The van der Waals surface area contributed by atoms with Gasteiger partial charge in [0.2, 0.25) is 0 Å². The van der Waals surface area contributed by atoms with Crippen molar-refractivity contribution in [3.63, 3.8) is 0 Å². The van der Waals surface area contributed by atoms with Gasteiger partial charge in [-0.05, 0) is 51.0 Å². The zero-order valence-corrected chi connectivity index (χ0v) is 18.8. The van der Waals surface area contributed by atoms with Crippen LogP contribution in [0, 0.1) is 11.8 Å². The van der Waals surface area contributed by atoms with E-state index in [4.69, 9.17) is 0 Å². The number of thioether (sulfide) groups is 2. The van der Waals surface area contributed by atoms with Crippen LogP contribution in [0.1, 0.15) is 38.5 Å². The van der Waals surface area contributed by atoms with E-state index >= 15 is 0 Å². The predicted molar refractivity (Wildman–Crippen MR) is 112 cm³/mol. The number of carbonyl (C=O) groups excluding carboxylic acids is 2. The fourth-order valence-corrected chi connectivity index (χ4v) is 9.00. The predicted octanol–water partition coefficient (Wildman–Crippen LogP) is -0.416. The summed E-state index contributed by atoms with van der Waals surface area (Å²) in [7, 11) is 0. The van der Waals surface area contributed by atoms with Crippen LogP contribution in [-0.2, 0) is 9.59 Å². The van der Waals surface area contributed by atoms with Crippen molar-refractivity contribution in [3.8, 4) is 0 Å². The monoisotopic (exact) mass is 458 g/mol. The van der Waals surface area contributed by atoms with E-state index in [1.165, 1.54) is 23.5 Å². The summed E-state index contributed by atoms with van der Waals surface area (Å²) in [5.41, 5.74) is 0. The third-order valence-electron chi connectivity index (χ3n) is 8.35. The average Bonchev–Trinajstić information content (AvgIpc) is 3.29. The summed E-state index contributed by atoms with van der Waals surface area (Å²) in [6.07, 6.45) is 2.96. The Morgan fingerprint density at radius 3 is 1.37 bits per heavy atom. The van der Waals surface area contributed by atoms with Gasteiger partial charge in [0.05, 0.1) is 36.5 Å². The number of aliphatic hydroxyl groups excluding tert-OH is 4. The van der Waals surface area contributed by atoms with Gasteiger partial charge in [-0.15, -0.1) is 23.5 Å². The Morgan fingerprint density at radius 2 is 1.03 bits per heavy atom. The maximum absolute atomic E-state index is 14.2. The van der Waals surface area contributed by atoms with Gasteiger partial charge >= 0.3 is 0 Å². The topological polar surface area (TPSA) is 122 Å². The van der Waals surface area contributed by atoms with E-state index in [0.717, 1.165) is 0 Å². The molecule has 0 spiro atoms. The van der Waals surface area contributed by atoms with Crippen molar-refractivity contribution in [1.29, 1.82) is 0 Å². The molecule has 0 radical (unpaired) electrons. The van der Waals surface area contributed by atoms with Gasteiger partial charge in [-0.3, -0.25) is 9.59 Å². The second-order valence-electron chi connectivity index (χ2n) is 9.47. The van der Waals surface area contributed by atoms with Crippen LogP contribution in [0.5, 0.6) is 0 Å². The summed E-state index contributed by atoms with van der Waals surface area (Å²) >= 11 is 2.57. The van der Waals surface area contributed by atoms with Crippen molar-refractivity contribution >= 4 is 35.3 Å². The van der Waals surface area contributed by atoms with Gasteiger partial charge in [0.15, 0.2) is 9.74 Å². The number of rotatable bonds is 2. The Labute approximate surface area is 184 Å². The van der Waals surface area contributed by atoms with Crippen LogP contribution in [0.4, 0.5) is 0 Å². The first-order chi connectivity index (χ1) is 14.2. The van der Waals surface area contributed by atoms with Crippen LogP contribution in [0.3, 0.4) is 0 Å². The second kappa shape index (κ2) is 6.99. The highest BCUT2D eigenvalue weighted by Crippen LogP contribution is 2.61. The molecule has 168 valence electrons. The highest BCUT2D eigenvalue weighted by molar-refractivity contribution is 8.01. The van der Waals surface area contributed by atoms with E-state index < -0.39 is 46.2 Å². The molecule has 0 aromatic rings. The normalized spacial score (nSPS) is 52.7. The Bertz CT molecular complexity index is 710. The highest BCUT2D eigenvalue weighted by atomic mass is 32.2. The quantitative estimate of drug-likeness (QED) is 0.440. The van der Waals surface area contributed by atoms with Gasteiger partial charge in [0.25, 0.3) is 11.8 Å². The fourth-order valence-electron chi connectivity index (χ4n) is 6.93. The first-order valence-corrected chi connectivity index (χ1v) is 13.2. The molecule has 0 aromatic carbocycles. The van der Waals surface area contributed by atoms with Crippen LogP contribution in [0.25, 0.3) is 0 Å². The second-order valence-corrected chi connectivity index (χ2v) is 11.6. The molecule has 4 N–H and O–H groups in total. The summed E-state index contributed by atoms with van der Waals surface area (Å²) in [6, 6.07) is -1.19. The SMILES string of the molecule is CS[C@@]12C[C@H]3[C@@H]([C@@H](O)CC[C@@H]3O)N1C(=O)[C@]1(SC)C[C@H]3[C@@H]([C@@H](O)CC[C@@H]3O)N1C2=O. The molecule has 5 aliphatic rings. The van der Waals surface area contributed by atoms with Crippen LogP contribution < -0.4 is 0 Å². The largest absolute Gasteiger partial charge is 0.393 e. The van der Waals surface area contributed by atoms with E-state index in [9.17, 15) is 30.0 Å². The Hall–Kier alpha value is -0.520. The van der Waals surface area contributed by atoms with E-state index in [1.54, 1.807) is 22.3 Å². The first kappa shape index (κ1) is 21.3. The molecule has 3 saturated heterocycles. The Balaban J connectivity index is 1.66. The van der Waals surface area contributed by atoms with Gasteiger partial charge in [-0.25, -0.2) is 0 Å². The molecular weight excluding hydrogens is 428 g/mol. The zero-order valence-electron chi connectivity index (χ0n) is 17.2. The van der Waals surface area contributed by atoms with E-state index in [2.05, 4.69) is 0 Å². The van der Waals surface area contributed by atoms with Crippen molar-refractivity contribution < 1.29 is 30.0 Å². The van der Waals surface area contributed by atoms with Crippen molar-refractivity contribution in [2.75, 3.05) is 12.5 Å². The molecule has 3 heterocycles. The minimum absolute atomic E-state index is 0.238. The number of amides is 2. The van der Waals surface area contributed by atoms with E-state index in [-0.39, 0.29) is 23.7 Å². The number of nitrogens with zero attached hydrogens (tertiary/aromatic N) is 2. The average molecular weight is 459 g/mol. The molecule has 5 fully saturated rings. The molecule has 0 bridgehead atoms. The standard InChI is InChI=1S/C20H30N2O6S2/c1-29-19-7-9-11(23)3-5-13(25)15(9)21(19)18(28)20(30-2)8-10-12(24)4-6-14(26)16(10)22(20)17(19)27/h9-16,23-26H,3-8H2,1-2H3/t9-,10-,11+,12+,13+,14+,15+,16+,19-,20-/m1/s1. The molecule has 5 rings (SSSR count). The number of hydrogen-bond donors (Lipinski definition) is 4. The van der Waals surface area contributed by atoms with Crippen molar-refractivity contribution in [2.45, 2.75) is 84.8 Å². The first-order valence-electron chi connectivity index (χ1n) is 10.7. The molecule has 0 unspecified atom stereocenters. The van der Waals surface area contributed by atoms with Crippen LogP contribution in [-0.4, -0.2) is 101 Å². The number of carbonyl (C=O) groups is 2. The van der Waals surface area contributed by atoms with Crippen LogP contribution >= 0.6 is 23.5 Å². The summed E-state index contributed by atoms with van der Waals surface area (Å²) in [5.74, 6) is -1.19. The van der Waals surface area contributed by atoms with Gasteiger partial charge in [-0.2, -0.15) is 0 Å². The summed E-state index contributed by atoms with van der Waals surface area (Å²) in [4.78, 5) is 29.1. The lowest BCUT2D eigenvalue weighted by atomic mass is 9.79. The van der Waals surface area contributed by atoms with Gasteiger partial charge in [0.1, 0.15) is 0 Å². The van der Waals surface area contributed by atoms with E-state index in [1.807, 2.05) is 0 Å². The molecule has 2 amide bonds. The third kappa shape index (κ3) is 2.41. The molecule has 10 atom stereocenters. The maximum atomic E-state index is 14.2. The maximum Gasteiger partial charge on any atom is 0.260 e.